The molecule has 3 heterocycles. The molecule has 1 aliphatic carbocycles. The molecule has 0 aromatic rings. The SMILES string of the molecule is C1=CCC2C(=C1)SC1C2CCN2C=CCC12. The number of nitrogens with zero attached hydrogens (tertiary/aromatic N) is 1. The molecule has 0 radical (unpaired) electrons. The van der Waals surface area contributed by atoms with Crippen molar-refractivity contribution in [1.29, 1.82) is 0 Å². The number of rotatable bonds is 0. The van der Waals surface area contributed by atoms with E-state index in [0.717, 1.165) is 23.1 Å². The van der Waals surface area contributed by atoms with Gasteiger partial charge in [0.1, 0.15) is 0 Å². The van der Waals surface area contributed by atoms with Crippen LogP contribution in [0.5, 0.6) is 0 Å². The number of piperidine rings is 1. The topological polar surface area (TPSA) is 3.24 Å². The second kappa shape index (κ2) is 3.43. The molecule has 4 rings (SSSR count). The Balaban J connectivity index is 1.66. The molecule has 2 heteroatoms. The summed E-state index contributed by atoms with van der Waals surface area (Å²) >= 11 is 2.18. The van der Waals surface area contributed by atoms with E-state index >= 15 is 0 Å². The molecule has 0 spiro atoms. The van der Waals surface area contributed by atoms with Gasteiger partial charge in [0, 0.05) is 17.8 Å². The van der Waals surface area contributed by atoms with Crippen LogP contribution in [0.25, 0.3) is 0 Å². The molecule has 2 fully saturated rings. The summed E-state index contributed by atoms with van der Waals surface area (Å²) in [7, 11) is 0. The Kier molecular flexibility index (Phi) is 2.02. The second-order valence-electron chi connectivity index (χ2n) is 5.30. The van der Waals surface area contributed by atoms with Crippen molar-refractivity contribution in [3.63, 3.8) is 0 Å². The third-order valence-corrected chi connectivity index (χ3v) is 6.21. The lowest BCUT2D eigenvalue weighted by Crippen LogP contribution is -2.45. The van der Waals surface area contributed by atoms with Crippen LogP contribution in [0, 0.1) is 11.8 Å². The molecule has 0 bridgehead atoms. The molecule has 0 aromatic heterocycles. The van der Waals surface area contributed by atoms with Crippen molar-refractivity contribution in [2.75, 3.05) is 6.54 Å². The standard InChI is InChI=1S/C14H17NS/c1-2-6-13-10(4-1)11-7-9-15-8-3-5-12(15)14(11)16-13/h1-3,6,8,10-12,14H,4-5,7,9H2. The van der Waals surface area contributed by atoms with Gasteiger partial charge < -0.3 is 4.90 Å². The monoisotopic (exact) mass is 231 g/mol. The summed E-state index contributed by atoms with van der Waals surface area (Å²) in [5.74, 6) is 1.81. The molecule has 0 amide bonds. The number of fused-ring (bicyclic) bond motifs is 5. The highest BCUT2D eigenvalue weighted by Gasteiger charge is 2.48. The van der Waals surface area contributed by atoms with E-state index in [9.17, 15) is 0 Å². The van der Waals surface area contributed by atoms with Gasteiger partial charge in [-0.1, -0.05) is 24.3 Å². The highest BCUT2D eigenvalue weighted by molar-refractivity contribution is 8.04. The van der Waals surface area contributed by atoms with Crippen LogP contribution in [0.2, 0.25) is 0 Å². The zero-order valence-electron chi connectivity index (χ0n) is 9.38. The van der Waals surface area contributed by atoms with Crippen LogP contribution in [0.4, 0.5) is 0 Å². The van der Waals surface area contributed by atoms with Crippen LogP contribution in [0.1, 0.15) is 19.3 Å². The summed E-state index contributed by atoms with van der Waals surface area (Å²) in [4.78, 5) is 4.26. The number of hydrogen-bond donors (Lipinski definition) is 0. The summed E-state index contributed by atoms with van der Waals surface area (Å²) in [5, 5.41) is 0.861. The first-order chi connectivity index (χ1) is 7.93. The van der Waals surface area contributed by atoms with Crippen molar-refractivity contribution in [2.24, 2.45) is 11.8 Å². The minimum absolute atomic E-state index is 0.801. The zero-order chi connectivity index (χ0) is 10.5. The smallest absolute Gasteiger partial charge is 0.0444 e. The highest BCUT2D eigenvalue weighted by atomic mass is 32.2. The Morgan fingerprint density at radius 2 is 2.25 bits per heavy atom. The first kappa shape index (κ1) is 9.41. The number of hydrogen-bond acceptors (Lipinski definition) is 2. The Hall–Kier alpha value is -0.630. The van der Waals surface area contributed by atoms with Gasteiger partial charge in [-0.2, -0.15) is 0 Å². The minimum atomic E-state index is 0.801. The fraction of sp³-hybridized carbons (Fsp3) is 0.571. The average molecular weight is 231 g/mol. The normalized spacial score (nSPS) is 44.0. The molecule has 4 unspecified atom stereocenters. The molecule has 4 atom stereocenters. The van der Waals surface area contributed by atoms with Crippen molar-refractivity contribution in [1.82, 2.24) is 4.90 Å². The number of allylic oxidation sites excluding steroid dienone is 4. The van der Waals surface area contributed by atoms with Crippen LogP contribution in [0.3, 0.4) is 0 Å². The summed E-state index contributed by atoms with van der Waals surface area (Å²) < 4.78 is 0. The van der Waals surface area contributed by atoms with E-state index in [4.69, 9.17) is 0 Å². The van der Waals surface area contributed by atoms with Crippen LogP contribution in [-0.2, 0) is 0 Å². The van der Waals surface area contributed by atoms with Crippen LogP contribution >= 0.6 is 11.8 Å². The second-order valence-corrected chi connectivity index (χ2v) is 6.55. The molecular formula is C14H17NS. The summed E-state index contributed by atoms with van der Waals surface area (Å²) in [5.41, 5.74) is 0. The lowest BCUT2D eigenvalue weighted by Gasteiger charge is -2.40. The molecule has 3 aliphatic heterocycles. The van der Waals surface area contributed by atoms with E-state index in [1.807, 2.05) is 0 Å². The maximum Gasteiger partial charge on any atom is 0.0444 e. The molecule has 0 aromatic carbocycles. The van der Waals surface area contributed by atoms with E-state index in [1.165, 1.54) is 25.8 Å². The van der Waals surface area contributed by atoms with Gasteiger partial charge in [0.05, 0.1) is 0 Å². The van der Waals surface area contributed by atoms with Crippen LogP contribution in [0.15, 0.2) is 35.4 Å². The summed E-state index contributed by atoms with van der Waals surface area (Å²) in [6.45, 7) is 1.29. The van der Waals surface area contributed by atoms with Gasteiger partial charge >= 0.3 is 0 Å². The van der Waals surface area contributed by atoms with Crippen molar-refractivity contribution >= 4 is 11.8 Å². The van der Waals surface area contributed by atoms with Gasteiger partial charge in [0.2, 0.25) is 0 Å². The predicted molar refractivity (Wildman–Crippen MR) is 69.1 cm³/mol. The molecular weight excluding hydrogens is 214 g/mol. The van der Waals surface area contributed by atoms with Gasteiger partial charge in [0.15, 0.2) is 0 Å². The maximum absolute atomic E-state index is 2.58. The van der Waals surface area contributed by atoms with Gasteiger partial charge in [-0.25, -0.2) is 0 Å². The molecule has 2 saturated heterocycles. The Morgan fingerprint density at radius 1 is 1.25 bits per heavy atom. The summed E-state index contributed by atoms with van der Waals surface area (Å²) in [6.07, 6.45) is 15.6. The predicted octanol–water partition coefficient (Wildman–Crippen LogP) is 3.17. The Bertz CT molecular complexity index is 396. The van der Waals surface area contributed by atoms with E-state index < -0.39 is 0 Å². The minimum Gasteiger partial charge on any atom is -0.373 e. The van der Waals surface area contributed by atoms with Crippen LogP contribution in [-0.4, -0.2) is 22.7 Å². The fourth-order valence-corrected chi connectivity index (χ4v) is 5.63. The molecule has 16 heavy (non-hydrogen) atoms. The van der Waals surface area contributed by atoms with Gasteiger partial charge in [-0.05, 0) is 42.2 Å². The fourth-order valence-electron chi connectivity index (χ4n) is 3.79. The zero-order valence-corrected chi connectivity index (χ0v) is 10.2. The lowest BCUT2D eigenvalue weighted by molar-refractivity contribution is 0.169. The number of thioether (sulfide) groups is 1. The molecule has 84 valence electrons. The first-order valence-electron chi connectivity index (χ1n) is 6.39. The molecule has 1 nitrogen and oxygen atoms in total. The third-order valence-electron chi connectivity index (χ3n) is 4.56. The van der Waals surface area contributed by atoms with Crippen molar-refractivity contribution in [2.45, 2.75) is 30.6 Å². The lowest BCUT2D eigenvalue weighted by atomic mass is 9.78. The maximum atomic E-state index is 2.58. The highest BCUT2D eigenvalue weighted by Crippen LogP contribution is 2.55. The Labute approximate surface area is 101 Å². The van der Waals surface area contributed by atoms with Crippen molar-refractivity contribution in [3.05, 3.63) is 35.4 Å². The van der Waals surface area contributed by atoms with E-state index in [2.05, 4.69) is 47.2 Å². The summed E-state index contributed by atoms with van der Waals surface area (Å²) in [6, 6.07) is 0.801. The van der Waals surface area contributed by atoms with E-state index in [1.54, 1.807) is 4.91 Å². The van der Waals surface area contributed by atoms with Gasteiger partial charge in [0.25, 0.3) is 0 Å². The third kappa shape index (κ3) is 1.20. The van der Waals surface area contributed by atoms with Crippen molar-refractivity contribution in [3.8, 4) is 0 Å². The van der Waals surface area contributed by atoms with Gasteiger partial charge in [-0.3, -0.25) is 0 Å². The molecule has 0 saturated carbocycles. The molecule has 4 aliphatic rings. The molecule has 0 N–H and O–H groups in total. The van der Waals surface area contributed by atoms with Crippen molar-refractivity contribution < 1.29 is 0 Å². The van der Waals surface area contributed by atoms with E-state index in [0.29, 0.717) is 0 Å². The van der Waals surface area contributed by atoms with Crippen LogP contribution < -0.4 is 0 Å². The largest absolute Gasteiger partial charge is 0.373 e. The van der Waals surface area contributed by atoms with E-state index in [-0.39, 0.29) is 0 Å². The average Bonchev–Trinajstić information content (AvgIpc) is 2.92. The quantitative estimate of drug-likeness (QED) is 0.630. The Morgan fingerprint density at radius 3 is 3.25 bits per heavy atom. The van der Waals surface area contributed by atoms with Gasteiger partial charge in [-0.15, -0.1) is 11.8 Å². The first-order valence-corrected chi connectivity index (χ1v) is 7.27.